The van der Waals surface area contributed by atoms with E-state index < -0.39 is 0 Å². The van der Waals surface area contributed by atoms with Crippen molar-refractivity contribution < 1.29 is 4.79 Å². The zero-order valence-corrected chi connectivity index (χ0v) is 12.8. The number of carbonyl (C=O) groups excluding carboxylic acids is 1. The Hall–Kier alpha value is -3.14. The summed E-state index contributed by atoms with van der Waals surface area (Å²) in [6.07, 6.45) is 1.67. The van der Waals surface area contributed by atoms with Gasteiger partial charge in [-0.2, -0.15) is 0 Å². The van der Waals surface area contributed by atoms with E-state index in [1.54, 1.807) is 6.20 Å². The monoisotopic (exact) mass is 303 g/mol. The summed E-state index contributed by atoms with van der Waals surface area (Å²) < 4.78 is 0. The van der Waals surface area contributed by atoms with Crippen LogP contribution in [-0.4, -0.2) is 11.0 Å². The number of urea groups is 1. The fourth-order valence-corrected chi connectivity index (χ4v) is 2.26. The molecule has 3 rings (SSSR count). The molecule has 2 N–H and O–H groups in total. The number of nitrogens with zero attached hydrogens (tertiary/aromatic N) is 1. The number of rotatable bonds is 3. The normalized spacial score (nSPS) is 10.1. The molecular weight excluding hydrogens is 286 g/mol. The molecule has 23 heavy (non-hydrogen) atoms. The van der Waals surface area contributed by atoms with Crippen molar-refractivity contribution in [3.63, 3.8) is 0 Å². The van der Waals surface area contributed by atoms with Gasteiger partial charge in [0, 0.05) is 11.9 Å². The highest BCUT2D eigenvalue weighted by Gasteiger charge is 2.04. The number of amides is 2. The quantitative estimate of drug-likeness (QED) is 0.736. The van der Waals surface area contributed by atoms with Gasteiger partial charge in [0.1, 0.15) is 5.82 Å². The lowest BCUT2D eigenvalue weighted by Gasteiger charge is -2.08. The molecule has 3 aromatic rings. The maximum Gasteiger partial charge on any atom is 0.324 e. The molecule has 0 bridgehead atoms. The summed E-state index contributed by atoms with van der Waals surface area (Å²) in [6, 6.07) is 21.2. The predicted molar refractivity (Wildman–Crippen MR) is 93.5 cm³/mol. The third kappa shape index (κ3) is 3.95. The lowest BCUT2D eigenvalue weighted by Crippen LogP contribution is -2.20. The van der Waals surface area contributed by atoms with E-state index in [0.717, 1.165) is 22.4 Å². The van der Waals surface area contributed by atoms with Crippen LogP contribution in [0.3, 0.4) is 0 Å². The minimum atomic E-state index is -0.310. The van der Waals surface area contributed by atoms with E-state index in [1.165, 1.54) is 0 Å². The van der Waals surface area contributed by atoms with E-state index in [-0.39, 0.29) is 6.03 Å². The summed E-state index contributed by atoms with van der Waals surface area (Å²) in [5.74, 6) is 0.531. The molecular formula is C19H17N3O. The van der Waals surface area contributed by atoms with Crippen LogP contribution in [0.5, 0.6) is 0 Å². The molecule has 0 unspecified atom stereocenters. The van der Waals surface area contributed by atoms with Crippen LogP contribution in [0.1, 0.15) is 5.56 Å². The first-order chi connectivity index (χ1) is 11.2. The van der Waals surface area contributed by atoms with Gasteiger partial charge in [0.15, 0.2) is 0 Å². The molecule has 0 spiro atoms. The van der Waals surface area contributed by atoms with E-state index in [1.807, 2.05) is 61.5 Å². The molecule has 0 aliphatic rings. The minimum absolute atomic E-state index is 0.310. The van der Waals surface area contributed by atoms with Gasteiger partial charge in [0.25, 0.3) is 0 Å². The summed E-state index contributed by atoms with van der Waals surface area (Å²) >= 11 is 0. The molecule has 4 heteroatoms. The van der Waals surface area contributed by atoms with Crippen molar-refractivity contribution in [2.24, 2.45) is 0 Å². The highest BCUT2D eigenvalue weighted by atomic mass is 16.2. The maximum absolute atomic E-state index is 12.0. The molecule has 1 heterocycles. The molecule has 0 fully saturated rings. The summed E-state index contributed by atoms with van der Waals surface area (Å²) in [6.45, 7) is 1.95. The molecule has 0 radical (unpaired) electrons. The second-order valence-electron chi connectivity index (χ2n) is 5.24. The Bertz CT molecular complexity index is 798. The second kappa shape index (κ2) is 6.75. The maximum atomic E-state index is 12.0. The van der Waals surface area contributed by atoms with Gasteiger partial charge in [-0.3, -0.25) is 5.32 Å². The van der Waals surface area contributed by atoms with Crippen molar-refractivity contribution in [3.05, 3.63) is 78.5 Å². The van der Waals surface area contributed by atoms with Gasteiger partial charge in [-0.1, -0.05) is 42.5 Å². The van der Waals surface area contributed by atoms with Crippen molar-refractivity contribution in [2.75, 3.05) is 10.6 Å². The van der Waals surface area contributed by atoms with Gasteiger partial charge in [-0.15, -0.1) is 0 Å². The second-order valence-corrected chi connectivity index (χ2v) is 5.24. The third-order valence-electron chi connectivity index (χ3n) is 3.41. The van der Waals surface area contributed by atoms with E-state index in [4.69, 9.17) is 0 Å². The Morgan fingerprint density at radius 2 is 1.57 bits per heavy atom. The number of nitrogens with one attached hydrogen (secondary N) is 2. The van der Waals surface area contributed by atoms with Crippen molar-refractivity contribution >= 4 is 17.5 Å². The van der Waals surface area contributed by atoms with Crippen LogP contribution in [-0.2, 0) is 0 Å². The Balaban J connectivity index is 1.65. The number of aromatic nitrogens is 1. The van der Waals surface area contributed by atoms with Crippen molar-refractivity contribution in [1.82, 2.24) is 4.98 Å². The summed E-state index contributed by atoms with van der Waals surface area (Å²) in [4.78, 5) is 16.1. The third-order valence-corrected chi connectivity index (χ3v) is 3.41. The fraction of sp³-hybridized carbons (Fsp3) is 0.0526. The molecule has 4 nitrogen and oxygen atoms in total. The summed E-state index contributed by atoms with van der Waals surface area (Å²) in [5.41, 5.74) is 4.03. The number of carbonyl (C=O) groups is 1. The molecule has 0 aliphatic heterocycles. The predicted octanol–water partition coefficient (Wildman–Crippen LogP) is 4.70. The highest BCUT2D eigenvalue weighted by molar-refractivity contribution is 5.99. The number of aryl methyl sites for hydroxylation is 1. The van der Waals surface area contributed by atoms with Gasteiger partial charge in [-0.25, -0.2) is 9.78 Å². The topological polar surface area (TPSA) is 54.0 Å². The largest absolute Gasteiger partial charge is 0.324 e. The van der Waals surface area contributed by atoms with E-state index in [9.17, 15) is 4.79 Å². The van der Waals surface area contributed by atoms with Crippen LogP contribution < -0.4 is 10.6 Å². The van der Waals surface area contributed by atoms with Crippen molar-refractivity contribution in [2.45, 2.75) is 6.92 Å². The standard InChI is InChI=1S/C19H17N3O/c1-14-11-12-20-18(13-14)22-19(23)21-17-9-7-16(8-10-17)15-5-3-2-4-6-15/h2-13H,1H3,(H2,20,21,22,23). The first-order valence-electron chi connectivity index (χ1n) is 7.37. The average molecular weight is 303 g/mol. The van der Waals surface area contributed by atoms with Crippen LogP contribution in [0, 0.1) is 6.92 Å². The lowest BCUT2D eigenvalue weighted by molar-refractivity contribution is 0.262. The van der Waals surface area contributed by atoms with E-state index in [2.05, 4.69) is 27.8 Å². The first kappa shape index (κ1) is 14.8. The van der Waals surface area contributed by atoms with Crippen LogP contribution in [0.25, 0.3) is 11.1 Å². The van der Waals surface area contributed by atoms with Gasteiger partial charge in [0.2, 0.25) is 0 Å². The van der Waals surface area contributed by atoms with Crippen LogP contribution in [0.4, 0.5) is 16.3 Å². The number of pyridine rings is 1. The lowest BCUT2D eigenvalue weighted by atomic mass is 10.1. The number of benzene rings is 2. The zero-order valence-electron chi connectivity index (χ0n) is 12.8. The molecule has 0 aliphatic carbocycles. The van der Waals surface area contributed by atoms with Crippen molar-refractivity contribution in [1.29, 1.82) is 0 Å². The van der Waals surface area contributed by atoms with Gasteiger partial charge in [-0.05, 0) is 47.9 Å². The average Bonchev–Trinajstić information content (AvgIpc) is 2.56. The van der Waals surface area contributed by atoms with E-state index in [0.29, 0.717) is 5.82 Å². The summed E-state index contributed by atoms with van der Waals surface area (Å²) in [7, 11) is 0. The van der Waals surface area contributed by atoms with Gasteiger partial charge < -0.3 is 5.32 Å². The Labute approximate surface area is 135 Å². The number of anilines is 2. The fourth-order valence-electron chi connectivity index (χ4n) is 2.26. The van der Waals surface area contributed by atoms with Gasteiger partial charge in [0.05, 0.1) is 0 Å². The van der Waals surface area contributed by atoms with Crippen LogP contribution >= 0.6 is 0 Å². The molecule has 0 atom stereocenters. The molecule has 0 saturated heterocycles. The van der Waals surface area contributed by atoms with Crippen LogP contribution in [0.2, 0.25) is 0 Å². The Morgan fingerprint density at radius 1 is 0.870 bits per heavy atom. The SMILES string of the molecule is Cc1ccnc(NC(=O)Nc2ccc(-c3ccccc3)cc2)c1. The first-order valence-corrected chi connectivity index (χ1v) is 7.37. The summed E-state index contributed by atoms with van der Waals surface area (Å²) in [5, 5.41) is 5.51. The molecule has 0 saturated carbocycles. The number of hydrogen-bond acceptors (Lipinski definition) is 2. The molecule has 114 valence electrons. The molecule has 2 aromatic carbocycles. The minimum Gasteiger partial charge on any atom is -0.308 e. The van der Waals surface area contributed by atoms with Gasteiger partial charge >= 0.3 is 6.03 Å². The highest BCUT2D eigenvalue weighted by Crippen LogP contribution is 2.21. The zero-order chi connectivity index (χ0) is 16.1. The molecule has 2 amide bonds. The smallest absolute Gasteiger partial charge is 0.308 e. The number of hydrogen-bond donors (Lipinski definition) is 2. The Kier molecular flexibility index (Phi) is 4.34. The van der Waals surface area contributed by atoms with Crippen LogP contribution in [0.15, 0.2) is 72.9 Å². The van der Waals surface area contributed by atoms with E-state index >= 15 is 0 Å². The Morgan fingerprint density at radius 3 is 2.26 bits per heavy atom. The molecule has 1 aromatic heterocycles. The van der Waals surface area contributed by atoms with Crippen molar-refractivity contribution in [3.8, 4) is 11.1 Å².